The number of benzene rings is 1. The van der Waals surface area contributed by atoms with Gasteiger partial charge in [0.1, 0.15) is 11.4 Å². The zero-order chi connectivity index (χ0) is 14.9. The molecule has 0 unspecified atom stereocenters. The van der Waals surface area contributed by atoms with Crippen LogP contribution in [0.15, 0.2) is 24.3 Å². The summed E-state index contributed by atoms with van der Waals surface area (Å²) in [4.78, 5) is 15.3. The summed E-state index contributed by atoms with van der Waals surface area (Å²) in [6.45, 7) is 3.36. The first kappa shape index (κ1) is 13.9. The van der Waals surface area contributed by atoms with Gasteiger partial charge in [0.25, 0.3) is 0 Å². The van der Waals surface area contributed by atoms with E-state index in [2.05, 4.69) is 10.3 Å². The predicted octanol–water partition coefficient (Wildman–Crippen LogP) is 3.42. The third kappa shape index (κ3) is 2.74. The number of aromatic carboxylic acids is 1. The van der Waals surface area contributed by atoms with E-state index in [1.165, 1.54) is 6.07 Å². The first-order valence-corrected chi connectivity index (χ1v) is 5.82. The molecule has 2 rings (SSSR count). The minimum absolute atomic E-state index is 0.000308. The highest BCUT2D eigenvalue weighted by Crippen LogP contribution is 2.23. The highest BCUT2D eigenvalue weighted by atomic mass is 19.2. The second kappa shape index (κ2) is 5.24. The van der Waals surface area contributed by atoms with Gasteiger partial charge in [-0.1, -0.05) is 0 Å². The summed E-state index contributed by atoms with van der Waals surface area (Å²) in [6, 6.07) is 4.85. The third-order valence-corrected chi connectivity index (χ3v) is 2.74. The lowest BCUT2D eigenvalue weighted by molar-refractivity contribution is 0.0697. The van der Waals surface area contributed by atoms with Gasteiger partial charge in [0, 0.05) is 17.4 Å². The molecule has 0 saturated carbocycles. The van der Waals surface area contributed by atoms with Crippen molar-refractivity contribution in [1.82, 2.24) is 4.98 Å². The molecule has 0 spiro atoms. The summed E-state index contributed by atoms with van der Waals surface area (Å²) in [5, 5.41) is 11.9. The Morgan fingerprint density at radius 2 is 1.90 bits per heavy atom. The van der Waals surface area contributed by atoms with Gasteiger partial charge in [-0.05, 0) is 37.6 Å². The number of aromatic nitrogens is 1. The average Bonchev–Trinajstić information content (AvgIpc) is 2.32. The predicted molar refractivity (Wildman–Crippen MR) is 70.3 cm³/mol. The SMILES string of the molecule is Cc1cc(C)c(C(=O)O)c(Nc2ccc(F)c(F)c2)n1. The maximum Gasteiger partial charge on any atom is 0.339 e. The number of rotatable bonds is 3. The van der Waals surface area contributed by atoms with E-state index < -0.39 is 17.6 Å². The Kier molecular flexibility index (Phi) is 3.65. The van der Waals surface area contributed by atoms with Crippen LogP contribution in [0.2, 0.25) is 0 Å². The normalized spacial score (nSPS) is 10.4. The fourth-order valence-corrected chi connectivity index (χ4v) is 1.91. The van der Waals surface area contributed by atoms with Crippen molar-refractivity contribution in [2.45, 2.75) is 13.8 Å². The van der Waals surface area contributed by atoms with Crippen LogP contribution in [0.1, 0.15) is 21.6 Å². The van der Waals surface area contributed by atoms with Crippen molar-refractivity contribution in [1.29, 1.82) is 0 Å². The van der Waals surface area contributed by atoms with Gasteiger partial charge in [-0.3, -0.25) is 0 Å². The molecule has 0 fully saturated rings. The number of anilines is 2. The van der Waals surface area contributed by atoms with Crippen LogP contribution in [0.4, 0.5) is 20.3 Å². The van der Waals surface area contributed by atoms with E-state index in [1.807, 2.05) is 0 Å². The number of nitrogens with one attached hydrogen (secondary N) is 1. The minimum atomic E-state index is -1.14. The molecule has 0 atom stereocenters. The zero-order valence-electron chi connectivity index (χ0n) is 10.9. The zero-order valence-corrected chi connectivity index (χ0v) is 10.9. The number of nitrogens with zero attached hydrogens (tertiary/aromatic N) is 1. The molecule has 0 bridgehead atoms. The number of hydrogen-bond acceptors (Lipinski definition) is 3. The van der Waals surface area contributed by atoms with Crippen LogP contribution >= 0.6 is 0 Å². The van der Waals surface area contributed by atoms with Gasteiger partial charge in [0.05, 0.1) is 0 Å². The molecule has 104 valence electrons. The summed E-state index contributed by atoms with van der Waals surface area (Å²) in [5.41, 5.74) is 1.39. The van der Waals surface area contributed by atoms with Gasteiger partial charge in [-0.25, -0.2) is 18.6 Å². The molecule has 0 amide bonds. The molecular weight excluding hydrogens is 266 g/mol. The van der Waals surface area contributed by atoms with E-state index in [1.54, 1.807) is 19.9 Å². The fraction of sp³-hybridized carbons (Fsp3) is 0.143. The van der Waals surface area contributed by atoms with Gasteiger partial charge in [0.2, 0.25) is 0 Å². The summed E-state index contributed by atoms with van der Waals surface area (Å²) >= 11 is 0. The van der Waals surface area contributed by atoms with Crippen LogP contribution in [-0.4, -0.2) is 16.1 Å². The van der Waals surface area contributed by atoms with Crippen LogP contribution in [0.5, 0.6) is 0 Å². The molecule has 1 aromatic heterocycles. The van der Waals surface area contributed by atoms with Crippen molar-refractivity contribution in [3.63, 3.8) is 0 Å². The van der Waals surface area contributed by atoms with Crippen LogP contribution in [0, 0.1) is 25.5 Å². The number of aryl methyl sites for hydroxylation is 2. The topological polar surface area (TPSA) is 62.2 Å². The second-order valence-corrected chi connectivity index (χ2v) is 4.36. The van der Waals surface area contributed by atoms with E-state index in [0.717, 1.165) is 12.1 Å². The quantitative estimate of drug-likeness (QED) is 0.903. The Hall–Kier alpha value is -2.50. The Bertz CT molecular complexity index is 687. The van der Waals surface area contributed by atoms with Gasteiger partial charge in [-0.2, -0.15) is 0 Å². The van der Waals surface area contributed by atoms with Crippen molar-refractivity contribution in [2.24, 2.45) is 0 Å². The standard InChI is InChI=1S/C14H12F2N2O2/c1-7-5-8(2)17-13(12(7)14(19)20)18-9-3-4-10(15)11(16)6-9/h3-6H,1-2H3,(H,17,18)(H,19,20). The van der Waals surface area contributed by atoms with Gasteiger partial charge in [0.15, 0.2) is 11.6 Å². The summed E-state index contributed by atoms with van der Waals surface area (Å²) in [7, 11) is 0. The van der Waals surface area contributed by atoms with Crippen LogP contribution in [0.25, 0.3) is 0 Å². The van der Waals surface area contributed by atoms with Crippen LogP contribution in [-0.2, 0) is 0 Å². The lowest BCUT2D eigenvalue weighted by Gasteiger charge is -2.12. The highest BCUT2D eigenvalue weighted by molar-refractivity contribution is 5.95. The molecule has 0 radical (unpaired) electrons. The summed E-state index contributed by atoms with van der Waals surface area (Å²) in [6.07, 6.45) is 0. The number of carboxylic acids is 1. The first-order valence-electron chi connectivity index (χ1n) is 5.82. The van der Waals surface area contributed by atoms with Crippen molar-refractivity contribution >= 4 is 17.5 Å². The van der Waals surface area contributed by atoms with E-state index in [0.29, 0.717) is 11.3 Å². The van der Waals surface area contributed by atoms with Crippen molar-refractivity contribution in [3.05, 3.63) is 52.7 Å². The largest absolute Gasteiger partial charge is 0.478 e. The maximum absolute atomic E-state index is 13.1. The molecule has 6 heteroatoms. The number of carbonyl (C=O) groups is 1. The lowest BCUT2D eigenvalue weighted by atomic mass is 10.1. The highest BCUT2D eigenvalue weighted by Gasteiger charge is 2.16. The molecule has 0 aliphatic rings. The monoisotopic (exact) mass is 278 g/mol. The fourth-order valence-electron chi connectivity index (χ4n) is 1.91. The summed E-state index contributed by atoms with van der Waals surface area (Å²) in [5.74, 6) is -3.03. The third-order valence-electron chi connectivity index (χ3n) is 2.74. The molecule has 4 nitrogen and oxygen atoms in total. The van der Waals surface area contributed by atoms with E-state index in [-0.39, 0.29) is 17.1 Å². The number of halogens is 2. The van der Waals surface area contributed by atoms with Crippen molar-refractivity contribution in [3.8, 4) is 0 Å². The number of pyridine rings is 1. The average molecular weight is 278 g/mol. The maximum atomic E-state index is 13.1. The molecule has 1 heterocycles. The molecule has 0 saturated heterocycles. The van der Waals surface area contributed by atoms with Crippen molar-refractivity contribution in [2.75, 3.05) is 5.32 Å². The summed E-state index contributed by atoms with van der Waals surface area (Å²) < 4.78 is 26.0. The molecule has 20 heavy (non-hydrogen) atoms. The smallest absolute Gasteiger partial charge is 0.339 e. The Balaban J connectivity index is 2.47. The number of carboxylic acid groups (broad SMARTS) is 1. The van der Waals surface area contributed by atoms with Crippen molar-refractivity contribution < 1.29 is 18.7 Å². The van der Waals surface area contributed by atoms with Gasteiger partial charge >= 0.3 is 5.97 Å². The Morgan fingerprint density at radius 3 is 2.50 bits per heavy atom. The molecular formula is C14H12F2N2O2. The van der Waals surface area contributed by atoms with Gasteiger partial charge in [-0.15, -0.1) is 0 Å². The molecule has 2 aromatic rings. The van der Waals surface area contributed by atoms with E-state index in [9.17, 15) is 18.7 Å². The molecule has 0 aliphatic heterocycles. The molecule has 2 N–H and O–H groups in total. The Morgan fingerprint density at radius 1 is 1.20 bits per heavy atom. The second-order valence-electron chi connectivity index (χ2n) is 4.36. The van der Waals surface area contributed by atoms with Crippen LogP contribution in [0.3, 0.4) is 0 Å². The molecule has 0 aliphatic carbocycles. The Labute approximate surface area is 114 Å². The first-order chi connectivity index (χ1) is 9.38. The van der Waals surface area contributed by atoms with Crippen LogP contribution < -0.4 is 5.32 Å². The molecule has 1 aromatic carbocycles. The number of hydrogen-bond donors (Lipinski definition) is 2. The van der Waals surface area contributed by atoms with E-state index in [4.69, 9.17) is 0 Å². The van der Waals surface area contributed by atoms with E-state index >= 15 is 0 Å². The lowest BCUT2D eigenvalue weighted by Crippen LogP contribution is -2.08. The minimum Gasteiger partial charge on any atom is -0.478 e. The van der Waals surface area contributed by atoms with Gasteiger partial charge < -0.3 is 10.4 Å².